The number of ether oxygens (including phenoxy) is 1. The maximum Gasteiger partial charge on any atom is 0.215 e. The predicted octanol–water partition coefficient (Wildman–Crippen LogP) is 1.54. The Morgan fingerprint density at radius 1 is 1.60 bits per heavy atom. The highest BCUT2D eigenvalue weighted by molar-refractivity contribution is 5.22. The van der Waals surface area contributed by atoms with E-state index in [0.29, 0.717) is 11.3 Å². The van der Waals surface area contributed by atoms with Gasteiger partial charge in [0.1, 0.15) is 5.75 Å². The molecule has 0 saturated carbocycles. The molecule has 0 spiro atoms. The Morgan fingerprint density at radius 3 is 2.80 bits per heavy atom. The van der Waals surface area contributed by atoms with Crippen molar-refractivity contribution in [2.45, 2.75) is 6.92 Å². The summed E-state index contributed by atoms with van der Waals surface area (Å²) in [5, 5.41) is 0. The van der Waals surface area contributed by atoms with Crippen molar-refractivity contribution in [3.63, 3.8) is 0 Å². The fourth-order valence-corrected chi connectivity index (χ4v) is 0.644. The maximum absolute atomic E-state index is 12.5. The molecule has 0 N–H and O–H groups in total. The first-order valence-corrected chi connectivity index (χ1v) is 2.90. The molecule has 0 unspecified atom stereocenters. The standard InChI is InChI=1S/C7H8FNO/c1-5-3-6(10-2)4-9-7(5)8/h3-4H,1-2H3. The molecule has 0 aliphatic carbocycles. The molecular weight excluding hydrogens is 133 g/mol. The summed E-state index contributed by atoms with van der Waals surface area (Å²) < 4.78 is 17.3. The Bertz CT molecular complexity index is 237. The van der Waals surface area contributed by atoms with Gasteiger partial charge in [-0.1, -0.05) is 0 Å². The number of rotatable bonds is 1. The molecule has 0 radical (unpaired) electrons. The lowest BCUT2D eigenvalue weighted by molar-refractivity contribution is 0.409. The highest BCUT2D eigenvalue weighted by Crippen LogP contribution is 2.11. The molecule has 0 atom stereocenters. The zero-order chi connectivity index (χ0) is 7.56. The van der Waals surface area contributed by atoms with Crippen LogP contribution in [0, 0.1) is 12.9 Å². The van der Waals surface area contributed by atoms with Gasteiger partial charge in [-0.15, -0.1) is 0 Å². The summed E-state index contributed by atoms with van der Waals surface area (Å²) in [6.45, 7) is 1.64. The summed E-state index contributed by atoms with van der Waals surface area (Å²) in [6.07, 6.45) is 1.35. The average Bonchev–Trinajstić information content (AvgIpc) is 1.95. The van der Waals surface area contributed by atoms with E-state index in [9.17, 15) is 4.39 Å². The van der Waals surface area contributed by atoms with Crippen LogP contribution in [0.15, 0.2) is 12.3 Å². The van der Waals surface area contributed by atoms with E-state index in [4.69, 9.17) is 4.74 Å². The van der Waals surface area contributed by atoms with Crippen LogP contribution in [0.2, 0.25) is 0 Å². The van der Waals surface area contributed by atoms with Crippen molar-refractivity contribution in [2.24, 2.45) is 0 Å². The van der Waals surface area contributed by atoms with Gasteiger partial charge in [0.05, 0.1) is 13.3 Å². The van der Waals surface area contributed by atoms with E-state index in [2.05, 4.69) is 4.98 Å². The molecule has 54 valence electrons. The molecule has 10 heavy (non-hydrogen) atoms. The summed E-state index contributed by atoms with van der Waals surface area (Å²) in [6, 6.07) is 1.60. The molecule has 0 bridgehead atoms. The van der Waals surface area contributed by atoms with Crippen molar-refractivity contribution >= 4 is 0 Å². The highest BCUT2D eigenvalue weighted by Gasteiger charge is 1.98. The quantitative estimate of drug-likeness (QED) is 0.553. The van der Waals surface area contributed by atoms with Gasteiger partial charge in [-0.3, -0.25) is 0 Å². The summed E-state index contributed by atoms with van der Waals surface area (Å²) in [5.41, 5.74) is 0.499. The van der Waals surface area contributed by atoms with Gasteiger partial charge in [-0.25, -0.2) is 4.98 Å². The lowest BCUT2D eigenvalue weighted by Crippen LogP contribution is -1.90. The number of nitrogens with zero attached hydrogens (tertiary/aromatic N) is 1. The Kier molecular flexibility index (Phi) is 1.85. The van der Waals surface area contributed by atoms with Gasteiger partial charge in [0.15, 0.2) is 0 Å². The van der Waals surface area contributed by atoms with E-state index in [-0.39, 0.29) is 0 Å². The Hall–Kier alpha value is -1.12. The Labute approximate surface area is 58.7 Å². The smallest absolute Gasteiger partial charge is 0.215 e. The number of methoxy groups -OCH3 is 1. The van der Waals surface area contributed by atoms with Crippen LogP contribution in [-0.2, 0) is 0 Å². The molecule has 3 heteroatoms. The first-order chi connectivity index (χ1) is 4.74. The third-order valence-electron chi connectivity index (χ3n) is 1.23. The summed E-state index contributed by atoms with van der Waals surface area (Å²) in [5.74, 6) is 0.139. The molecule has 2 nitrogen and oxygen atoms in total. The minimum Gasteiger partial charge on any atom is -0.495 e. The zero-order valence-electron chi connectivity index (χ0n) is 5.89. The van der Waals surface area contributed by atoms with Crippen LogP contribution in [0.5, 0.6) is 5.75 Å². The largest absolute Gasteiger partial charge is 0.495 e. The second kappa shape index (κ2) is 2.64. The second-order valence-corrected chi connectivity index (χ2v) is 1.98. The lowest BCUT2D eigenvalue weighted by atomic mass is 10.3. The molecule has 0 aromatic carbocycles. The van der Waals surface area contributed by atoms with Crippen molar-refractivity contribution in [3.8, 4) is 5.75 Å². The van der Waals surface area contributed by atoms with Gasteiger partial charge in [-0.05, 0) is 13.0 Å². The van der Waals surface area contributed by atoms with E-state index in [1.54, 1.807) is 13.0 Å². The van der Waals surface area contributed by atoms with E-state index in [1.165, 1.54) is 13.3 Å². The van der Waals surface area contributed by atoms with E-state index < -0.39 is 5.95 Å². The van der Waals surface area contributed by atoms with Gasteiger partial charge in [0, 0.05) is 5.56 Å². The van der Waals surface area contributed by atoms with Crippen molar-refractivity contribution < 1.29 is 9.13 Å². The third-order valence-corrected chi connectivity index (χ3v) is 1.23. The molecule has 1 aromatic rings. The second-order valence-electron chi connectivity index (χ2n) is 1.98. The van der Waals surface area contributed by atoms with Crippen LogP contribution in [0.3, 0.4) is 0 Å². The summed E-state index contributed by atoms with van der Waals surface area (Å²) >= 11 is 0. The minimum atomic E-state index is -0.444. The number of pyridine rings is 1. The van der Waals surface area contributed by atoms with Crippen LogP contribution < -0.4 is 4.74 Å². The van der Waals surface area contributed by atoms with Crippen LogP contribution in [-0.4, -0.2) is 12.1 Å². The zero-order valence-corrected chi connectivity index (χ0v) is 5.89. The van der Waals surface area contributed by atoms with E-state index in [1.807, 2.05) is 0 Å². The molecule has 0 aliphatic heterocycles. The number of hydrogen-bond donors (Lipinski definition) is 0. The molecule has 1 aromatic heterocycles. The first-order valence-electron chi connectivity index (χ1n) is 2.90. The fraction of sp³-hybridized carbons (Fsp3) is 0.286. The van der Waals surface area contributed by atoms with E-state index >= 15 is 0 Å². The summed E-state index contributed by atoms with van der Waals surface area (Å²) in [4.78, 5) is 3.46. The van der Waals surface area contributed by atoms with Crippen molar-refractivity contribution in [2.75, 3.05) is 7.11 Å². The van der Waals surface area contributed by atoms with Crippen LogP contribution in [0.25, 0.3) is 0 Å². The number of aryl methyl sites for hydroxylation is 1. The average molecular weight is 141 g/mol. The van der Waals surface area contributed by atoms with E-state index in [0.717, 1.165) is 0 Å². The minimum absolute atomic E-state index is 0.444. The van der Waals surface area contributed by atoms with Crippen LogP contribution in [0.4, 0.5) is 4.39 Å². The number of hydrogen-bond acceptors (Lipinski definition) is 2. The van der Waals surface area contributed by atoms with Gasteiger partial charge in [-0.2, -0.15) is 4.39 Å². The lowest BCUT2D eigenvalue weighted by Gasteiger charge is -1.99. The molecule has 0 amide bonds. The monoisotopic (exact) mass is 141 g/mol. The SMILES string of the molecule is COc1cnc(F)c(C)c1. The highest BCUT2D eigenvalue weighted by atomic mass is 19.1. The van der Waals surface area contributed by atoms with Crippen molar-refractivity contribution in [1.82, 2.24) is 4.98 Å². The molecule has 1 heterocycles. The Balaban J connectivity index is 3.04. The molecular formula is C7H8FNO. The van der Waals surface area contributed by atoms with Crippen molar-refractivity contribution in [3.05, 3.63) is 23.8 Å². The van der Waals surface area contributed by atoms with Gasteiger partial charge < -0.3 is 4.74 Å². The third kappa shape index (κ3) is 1.23. The van der Waals surface area contributed by atoms with Gasteiger partial charge >= 0.3 is 0 Å². The van der Waals surface area contributed by atoms with Crippen LogP contribution >= 0.6 is 0 Å². The van der Waals surface area contributed by atoms with Gasteiger partial charge in [0.2, 0.25) is 5.95 Å². The number of halogens is 1. The topological polar surface area (TPSA) is 22.1 Å². The molecule has 1 rings (SSSR count). The maximum atomic E-state index is 12.5. The fourth-order valence-electron chi connectivity index (χ4n) is 0.644. The van der Waals surface area contributed by atoms with Gasteiger partial charge in [0.25, 0.3) is 0 Å². The molecule has 0 fully saturated rings. The normalized spacial score (nSPS) is 9.50. The predicted molar refractivity (Wildman–Crippen MR) is 35.5 cm³/mol. The van der Waals surface area contributed by atoms with Crippen LogP contribution in [0.1, 0.15) is 5.56 Å². The molecule has 0 aliphatic rings. The first kappa shape index (κ1) is 6.99. The van der Waals surface area contributed by atoms with Crippen molar-refractivity contribution in [1.29, 1.82) is 0 Å². The Morgan fingerprint density at radius 2 is 2.30 bits per heavy atom. The molecule has 0 saturated heterocycles. The summed E-state index contributed by atoms with van der Waals surface area (Å²) in [7, 11) is 1.52. The number of aromatic nitrogens is 1.